The van der Waals surface area contributed by atoms with Gasteiger partial charge in [-0.1, -0.05) is 69.8 Å². The molecule has 1 aliphatic heterocycles. The van der Waals surface area contributed by atoms with E-state index in [-0.39, 0.29) is 0 Å². The van der Waals surface area contributed by atoms with Gasteiger partial charge in [-0.15, -0.1) is 0 Å². The predicted octanol–water partition coefficient (Wildman–Crippen LogP) is 5.29. The van der Waals surface area contributed by atoms with Crippen LogP contribution >= 0.6 is 46.4 Å². The molecule has 1 aromatic heterocycles. The minimum absolute atomic E-state index is 0.312. The average Bonchev–Trinajstić information content (AvgIpc) is 3.29. The highest BCUT2D eigenvalue weighted by atomic mass is 35.5. The van der Waals surface area contributed by atoms with E-state index >= 15 is 0 Å². The number of morpholine rings is 1. The van der Waals surface area contributed by atoms with Crippen LogP contribution in [-0.4, -0.2) is 52.5 Å². The van der Waals surface area contributed by atoms with Gasteiger partial charge in [0.15, 0.2) is 5.76 Å². The van der Waals surface area contributed by atoms with Crippen molar-refractivity contribution in [3.63, 3.8) is 0 Å². The van der Waals surface area contributed by atoms with Gasteiger partial charge in [0.25, 0.3) is 16.1 Å². The molecule has 2 amide bonds. The summed E-state index contributed by atoms with van der Waals surface area (Å²) in [5.41, 5.74) is 2.00. The number of hydrogen-bond acceptors (Lipinski definition) is 5. The number of hydrogen-bond donors (Lipinski definition) is 1. The Morgan fingerprint density at radius 3 is 2.36 bits per heavy atom. The number of alkyl halides is 2. The van der Waals surface area contributed by atoms with Gasteiger partial charge in [-0.2, -0.15) is 0 Å². The second-order valence-corrected chi connectivity index (χ2v) is 9.33. The summed E-state index contributed by atoms with van der Waals surface area (Å²) in [5, 5.41) is 7.52. The predicted molar refractivity (Wildman–Crippen MR) is 128 cm³/mol. The maximum absolute atomic E-state index is 12.7. The van der Waals surface area contributed by atoms with Gasteiger partial charge in [0.1, 0.15) is 5.69 Å². The van der Waals surface area contributed by atoms with Crippen molar-refractivity contribution in [1.29, 1.82) is 0 Å². The number of carbonyl (C=O) groups is 2. The first-order valence-electron chi connectivity index (χ1n) is 9.85. The highest BCUT2D eigenvalue weighted by Crippen LogP contribution is 2.36. The molecule has 4 rings (SSSR count). The Morgan fingerprint density at radius 1 is 1.00 bits per heavy atom. The van der Waals surface area contributed by atoms with Crippen LogP contribution in [0.25, 0.3) is 22.6 Å². The van der Waals surface area contributed by atoms with E-state index in [4.69, 9.17) is 55.7 Å². The van der Waals surface area contributed by atoms with Crippen molar-refractivity contribution >= 4 is 63.9 Å². The summed E-state index contributed by atoms with van der Waals surface area (Å²) in [6, 6.07) is 13.6. The first-order chi connectivity index (χ1) is 15.8. The summed E-state index contributed by atoms with van der Waals surface area (Å²) >= 11 is 24.8. The van der Waals surface area contributed by atoms with Crippen LogP contribution in [0.3, 0.4) is 0 Å². The van der Waals surface area contributed by atoms with Crippen LogP contribution in [0.15, 0.2) is 53.1 Å². The van der Waals surface area contributed by atoms with Gasteiger partial charge >= 0.3 is 0 Å². The van der Waals surface area contributed by atoms with Gasteiger partial charge in [-0.3, -0.25) is 9.59 Å². The molecule has 0 spiro atoms. The molecule has 33 heavy (non-hydrogen) atoms. The Hall–Kier alpha value is -2.29. The van der Waals surface area contributed by atoms with E-state index in [9.17, 15) is 9.59 Å². The molecule has 0 saturated carbocycles. The third-order valence-electron chi connectivity index (χ3n) is 4.99. The van der Waals surface area contributed by atoms with Crippen LogP contribution in [0.2, 0.25) is 10.0 Å². The fourth-order valence-electron chi connectivity index (χ4n) is 3.29. The molecule has 1 N–H and O–H groups in total. The number of nitrogens with one attached hydrogen (secondary N) is 1. The zero-order valence-corrected chi connectivity index (χ0v) is 20.0. The van der Waals surface area contributed by atoms with Crippen LogP contribution < -0.4 is 5.32 Å². The largest absolute Gasteiger partial charge is 0.378 e. The Bertz CT molecular complexity index is 1170. The molecule has 172 valence electrons. The molecule has 1 saturated heterocycles. The number of ether oxygens (including phenoxy) is 1. The number of nitrogens with zero attached hydrogens (tertiary/aromatic N) is 2. The molecule has 2 aromatic carbocycles. The molecular weight excluding hydrogens is 512 g/mol. The normalized spacial score (nSPS) is 14.2. The maximum Gasteiger partial charge on any atom is 0.274 e. The molecule has 0 bridgehead atoms. The van der Waals surface area contributed by atoms with Gasteiger partial charge in [-0.25, -0.2) is 0 Å². The lowest BCUT2D eigenvalue weighted by Gasteiger charge is -2.31. The number of rotatable bonds is 5. The Morgan fingerprint density at radius 2 is 1.67 bits per heavy atom. The van der Waals surface area contributed by atoms with Crippen molar-refractivity contribution < 1.29 is 18.8 Å². The first kappa shape index (κ1) is 23.9. The van der Waals surface area contributed by atoms with Gasteiger partial charge < -0.3 is 19.5 Å². The Labute approximate surface area is 209 Å². The van der Waals surface area contributed by atoms with Crippen molar-refractivity contribution in [2.24, 2.45) is 0 Å². The lowest BCUT2D eigenvalue weighted by atomic mass is 10.1. The lowest BCUT2D eigenvalue weighted by molar-refractivity contribution is -0.139. The first-order valence-corrected chi connectivity index (χ1v) is 11.4. The second-order valence-electron chi connectivity index (χ2n) is 7.19. The fourth-order valence-corrected chi connectivity index (χ4v) is 4.22. The number of benzene rings is 2. The summed E-state index contributed by atoms with van der Waals surface area (Å²) in [5.74, 6) is -1.13. The van der Waals surface area contributed by atoms with Crippen LogP contribution in [0.5, 0.6) is 0 Å². The molecule has 3 aromatic rings. The van der Waals surface area contributed by atoms with E-state index in [1.54, 1.807) is 48.5 Å². The standard InChI is InChI=1S/C22H17Cl4N3O4/c23-15-5-2-6-16(24)19(15)17-12-18(33-28-17)13-3-1-4-14(11-13)27-20(30)22(25,26)21(31)29-7-9-32-10-8-29/h1-6,11-12H,7-10H2,(H,27,30). The summed E-state index contributed by atoms with van der Waals surface area (Å²) in [7, 11) is 0. The van der Waals surface area contributed by atoms with Crippen molar-refractivity contribution in [1.82, 2.24) is 10.1 Å². The monoisotopic (exact) mass is 527 g/mol. The van der Waals surface area contributed by atoms with Crippen LogP contribution in [0.1, 0.15) is 0 Å². The number of amides is 2. The van der Waals surface area contributed by atoms with Gasteiger partial charge in [-0.05, 0) is 24.3 Å². The quantitative estimate of drug-likeness (QED) is 0.359. The van der Waals surface area contributed by atoms with Gasteiger partial charge in [0, 0.05) is 36.0 Å². The van der Waals surface area contributed by atoms with Gasteiger partial charge in [0.05, 0.1) is 23.3 Å². The summed E-state index contributed by atoms with van der Waals surface area (Å²) in [4.78, 5) is 26.7. The minimum Gasteiger partial charge on any atom is -0.378 e. The van der Waals surface area contributed by atoms with Crippen molar-refractivity contribution in [2.45, 2.75) is 4.33 Å². The topological polar surface area (TPSA) is 84.7 Å². The highest BCUT2D eigenvalue weighted by Gasteiger charge is 2.45. The van der Waals surface area contributed by atoms with Crippen LogP contribution in [0.4, 0.5) is 5.69 Å². The molecule has 7 nitrogen and oxygen atoms in total. The summed E-state index contributed by atoms with van der Waals surface area (Å²) in [6.07, 6.45) is 0. The third kappa shape index (κ3) is 5.13. The van der Waals surface area contributed by atoms with E-state index in [1.807, 2.05) is 0 Å². The maximum atomic E-state index is 12.7. The third-order valence-corrected chi connectivity index (χ3v) is 6.28. The van der Waals surface area contributed by atoms with E-state index in [0.29, 0.717) is 64.6 Å². The molecule has 1 fully saturated rings. The van der Waals surface area contributed by atoms with E-state index < -0.39 is 16.1 Å². The number of aromatic nitrogens is 1. The van der Waals surface area contributed by atoms with E-state index in [0.717, 1.165) is 0 Å². The van der Waals surface area contributed by atoms with Crippen molar-refractivity contribution in [3.05, 3.63) is 58.6 Å². The van der Waals surface area contributed by atoms with E-state index in [2.05, 4.69) is 10.5 Å². The molecule has 0 aliphatic carbocycles. The Balaban J connectivity index is 1.52. The number of carbonyl (C=O) groups excluding carboxylic acids is 2. The lowest BCUT2D eigenvalue weighted by Crippen LogP contribution is -2.52. The average molecular weight is 529 g/mol. The smallest absolute Gasteiger partial charge is 0.274 e. The van der Waals surface area contributed by atoms with Crippen molar-refractivity contribution in [2.75, 3.05) is 31.6 Å². The van der Waals surface area contributed by atoms with E-state index in [1.165, 1.54) is 4.90 Å². The molecule has 0 atom stereocenters. The zero-order chi connectivity index (χ0) is 23.6. The van der Waals surface area contributed by atoms with Crippen LogP contribution in [-0.2, 0) is 14.3 Å². The fraction of sp³-hybridized carbons (Fsp3) is 0.227. The second kappa shape index (κ2) is 9.91. The molecule has 1 aliphatic rings. The number of anilines is 1. The summed E-state index contributed by atoms with van der Waals surface area (Å²) < 4.78 is 8.38. The Kier molecular flexibility index (Phi) is 7.16. The minimum atomic E-state index is -2.28. The molecule has 0 radical (unpaired) electrons. The molecule has 0 unspecified atom stereocenters. The zero-order valence-electron chi connectivity index (χ0n) is 17.0. The highest BCUT2D eigenvalue weighted by molar-refractivity contribution is 6.68. The van der Waals surface area contributed by atoms with Gasteiger partial charge in [0.2, 0.25) is 0 Å². The molecular formula is C22H17Cl4N3O4. The summed E-state index contributed by atoms with van der Waals surface area (Å²) in [6.45, 7) is 1.34. The molecule has 2 heterocycles. The SMILES string of the molecule is O=C(Nc1cccc(-c2cc(-c3c(Cl)cccc3Cl)no2)c1)C(Cl)(Cl)C(=O)N1CCOCC1. The number of halogens is 4. The van der Waals surface area contributed by atoms with Crippen molar-refractivity contribution in [3.8, 4) is 22.6 Å². The van der Waals surface area contributed by atoms with Crippen LogP contribution in [0, 0.1) is 0 Å². The molecule has 11 heteroatoms.